The molecular formula is C12H16BrNO2. The van der Waals surface area contributed by atoms with E-state index in [0.717, 1.165) is 35.2 Å². The first kappa shape index (κ1) is 11.7. The highest BCUT2D eigenvalue weighted by Gasteiger charge is 2.24. The summed E-state index contributed by atoms with van der Waals surface area (Å²) in [6.07, 6.45) is 2.77. The maximum Gasteiger partial charge on any atom is 0.122 e. The van der Waals surface area contributed by atoms with Crippen LogP contribution in [0.25, 0.3) is 0 Å². The fraction of sp³-hybridized carbons (Fsp3) is 0.500. The number of nitrogens with one attached hydrogen (secondary N) is 1. The first-order valence-corrected chi connectivity index (χ1v) is 6.27. The molecule has 2 N–H and O–H groups in total. The molecule has 2 rings (SSSR count). The van der Waals surface area contributed by atoms with Gasteiger partial charge in [-0.25, -0.2) is 0 Å². The third-order valence-corrected chi connectivity index (χ3v) is 3.40. The Morgan fingerprint density at radius 1 is 1.38 bits per heavy atom. The summed E-state index contributed by atoms with van der Waals surface area (Å²) in [6.45, 7) is 0. The topological polar surface area (TPSA) is 41.5 Å². The molecule has 1 saturated carbocycles. The van der Waals surface area contributed by atoms with E-state index in [1.54, 1.807) is 7.11 Å². The Bertz CT molecular complexity index is 370. The van der Waals surface area contributed by atoms with Crippen LogP contribution in [0.4, 0.5) is 5.69 Å². The SMILES string of the molecule is COc1cc(Br)cc(N[C@@H]2CCC[C@H]2O)c1. The minimum Gasteiger partial charge on any atom is -0.497 e. The zero-order valence-corrected chi connectivity index (χ0v) is 10.8. The van der Waals surface area contributed by atoms with Crippen molar-refractivity contribution in [2.75, 3.05) is 12.4 Å². The Labute approximate surface area is 104 Å². The molecule has 16 heavy (non-hydrogen) atoms. The molecule has 0 heterocycles. The highest BCUT2D eigenvalue weighted by molar-refractivity contribution is 9.10. The van der Waals surface area contributed by atoms with Crippen LogP contribution in [0.3, 0.4) is 0 Å². The van der Waals surface area contributed by atoms with E-state index >= 15 is 0 Å². The minimum absolute atomic E-state index is 0.166. The standard InChI is InChI=1S/C12H16BrNO2/c1-16-10-6-8(13)5-9(7-10)14-11-3-2-4-12(11)15/h5-7,11-12,14-15H,2-4H2,1H3/t11-,12-/m1/s1. The Hall–Kier alpha value is -0.740. The van der Waals surface area contributed by atoms with E-state index in [0.29, 0.717) is 0 Å². The first-order valence-electron chi connectivity index (χ1n) is 5.48. The largest absolute Gasteiger partial charge is 0.497 e. The number of halogens is 1. The fourth-order valence-corrected chi connectivity index (χ4v) is 2.56. The predicted octanol–water partition coefficient (Wildman–Crippen LogP) is 2.78. The van der Waals surface area contributed by atoms with Crippen molar-refractivity contribution in [3.8, 4) is 5.75 Å². The van der Waals surface area contributed by atoms with Gasteiger partial charge >= 0.3 is 0 Å². The molecule has 1 fully saturated rings. The molecule has 0 bridgehead atoms. The van der Waals surface area contributed by atoms with Gasteiger partial charge in [-0.05, 0) is 31.4 Å². The number of aliphatic hydroxyl groups excluding tert-OH is 1. The van der Waals surface area contributed by atoms with Crippen molar-refractivity contribution in [1.82, 2.24) is 0 Å². The van der Waals surface area contributed by atoms with Crippen molar-refractivity contribution < 1.29 is 9.84 Å². The molecule has 0 unspecified atom stereocenters. The zero-order chi connectivity index (χ0) is 11.5. The van der Waals surface area contributed by atoms with Crippen molar-refractivity contribution in [2.45, 2.75) is 31.4 Å². The molecule has 3 nitrogen and oxygen atoms in total. The number of benzene rings is 1. The van der Waals surface area contributed by atoms with Gasteiger partial charge in [-0.15, -0.1) is 0 Å². The normalized spacial score (nSPS) is 24.4. The van der Waals surface area contributed by atoms with E-state index in [1.165, 1.54) is 0 Å². The van der Waals surface area contributed by atoms with Crippen LogP contribution in [-0.4, -0.2) is 24.4 Å². The lowest BCUT2D eigenvalue weighted by atomic mass is 10.2. The van der Waals surface area contributed by atoms with E-state index in [2.05, 4.69) is 21.2 Å². The number of rotatable bonds is 3. The number of hydrogen-bond donors (Lipinski definition) is 2. The molecule has 1 aromatic carbocycles. The summed E-state index contributed by atoms with van der Waals surface area (Å²) in [5.41, 5.74) is 0.983. The lowest BCUT2D eigenvalue weighted by Crippen LogP contribution is -2.27. The molecule has 0 aliphatic heterocycles. The van der Waals surface area contributed by atoms with Gasteiger partial charge in [0.1, 0.15) is 5.75 Å². The molecule has 0 amide bonds. The van der Waals surface area contributed by atoms with Gasteiger partial charge in [-0.1, -0.05) is 15.9 Å². The number of hydrogen-bond acceptors (Lipinski definition) is 3. The summed E-state index contributed by atoms with van der Waals surface area (Å²) in [6, 6.07) is 6.01. The molecule has 0 radical (unpaired) electrons. The Balaban J connectivity index is 2.11. The molecular weight excluding hydrogens is 270 g/mol. The second-order valence-corrected chi connectivity index (χ2v) is 5.04. The van der Waals surface area contributed by atoms with Crippen LogP contribution in [0.2, 0.25) is 0 Å². The van der Waals surface area contributed by atoms with Gasteiger partial charge < -0.3 is 15.2 Å². The lowest BCUT2D eigenvalue weighted by molar-refractivity contribution is 0.172. The molecule has 0 aromatic heterocycles. The smallest absolute Gasteiger partial charge is 0.122 e. The number of anilines is 1. The van der Waals surface area contributed by atoms with E-state index in [-0.39, 0.29) is 12.1 Å². The minimum atomic E-state index is -0.232. The maximum atomic E-state index is 9.74. The molecule has 1 aliphatic rings. The van der Waals surface area contributed by atoms with Crippen LogP contribution in [0.1, 0.15) is 19.3 Å². The Kier molecular flexibility index (Phi) is 3.71. The fourth-order valence-electron chi connectivity index (χ4n) is 2.09. The molecule has 88 valence electrons. The van der Waals surface area contributed by atoms with Gasteiger partial charge in [0.25, 0.3) is 0 Å². The van der Waals surface area contributed by atoms with Crippen molar-refractivity contribution >= 4 is 21.6 Å². The number of aliphatic hydroxyl groups is 1. The summed E-state index contributed by atoms with van der Waals surface area (Å²) in [4.78, 5) is 0. The van der Waals surface area contributed by atoms with Gasteiger partial charge in [0.15, 0.2) is 0 Å². The second kappa shape index (κ2) is 5.06. The Morgan fingerprint density at radius 3 is 2.81 bits per heavy atom. The van der Waals surface area contributed by atoms with E-state index in [1.807, 2.05) is 18.2 Å². The molecule has 0 saturated heterocycles. The van der Waals surface area contributed by atoms with E-state index in [4.69, 9.17) is 4.74 Å². The third kappa shape index (κ3) is 2.68. The third-order valence-electron chi connectivity index (χ3n) is 2.94. The monoisotopic (exact) mass is 285 g/mol. The summed E-state index contributed by atoms with van der Waals surface area (Å²) >= 11 is 3.44. The predicted molar refractivity (Wildman–Crippen MR) is 68.0 cm³/mol. The molecule has 1 aliphatic carbocycles. The van der Waals surface area contributed by atoms with Gasteiger partial charge in [0.05, 0.1) is 19.3 Å². The quantitative estimate of drug-likeness (QED) is 0.897. The van der Waals surface area contributed by atoms with E-state index < -0.39 is 0 Å². The van der Waals surface area contributed by atoms with Gasteiger partial charge in [0, 0.05) is 16.2 Å². The van der Waals surface area contributed by atoms with Crippen LogP contribution in [0.15, 0.2) is 22.7 Å². The zero-order valence-electron chi connectivity index (χ0n) is 9.24. The highest BCUT2D eigenvalue weighted by atomic mass is 79.9. The maximum absolute atomic E-state index is 9.74. The molecule has 2 atom stereocenters. The summed E-state index contributed by atoms with van der Waals surface area (Å²) in [5, 5.41) is 13.1. The molecule has 0 spiro atoms. The van der Waals surface area contributed by atoms with Crippen LogP contribution in [0, 0.1) is 0 Å². The number of methoxy groups -OCH3 is 1. The van der Waals surface area contributed by atoms with Crippen molar-refractivity contribution in [1.29, 1.82) is 0 Å². The van der Waals surface area contributed by atoms with Crippen LogP contribution < -0.4 is 10.1 Å². The van der Waals surface area contributed by atoms with Crippen molar-refractivity contribution in [3.63, 3.8) is 0 Å². The molecule has 4 heteroatoms. The highest BCUT2D eigenvalue weighted by Crippen LogP contribution is 2.28. The van der Waals surface area contributed by atoms with Gasteiger partial charge in [0.2, 0.25) is 0 Å². The van der Waals surface area contributed by atoms with Crippen LogP contribution >= 0.6 is 15.9 Å². The second-order valence-electron chi connectivity index (χ2n) is 4.13. The van der Waals surface area contributed by atoms with Gasteiger partial charge in [-0.3, -0.25) is 0 Å². The van der Waals surface area contributed by atoms with Crippen molar-refractivity contribution in [3.05, 3.63) is 22.7 Å². The average Bonchev–Trinajstić information content (AvgIpc) is 2.63. The van der Waals surface area contributed by atoms with Crippen LogP contribution in [0.5, 0.6) is 5.75 Å². The van der Waals surface area contributed by atoms with Crippen molar-refractivity contribution in [2.24, 2.45) is 0 Å². The first-order chi connectivity index (χ1) is 7.69. The van der Waals surface area contributed by atoms with Crippen LogP contribution in [-0.2, 0) is 0 Å². The van der Waals surface area contributed by atoms with Gasteiger partial charge in [-0.2, -0.15) is 0 Å². The summed E-state index contributed by atoms with van der Waals surface area (Å²) in [7, 11) is 1.65. The summed E-state index contributed by atoms with van der Waals surface area (Å²) < 4.78 is 6.17. The lowest BCUT2D eigenvalue weighted by Gasteiger charge is -2.18. The summed E-state index contributed by atoms with van der Waals surface area (Å²) in [5.74, 6) is 0.810. The average molecular weight is 286 g/mol. The number of ether oxygens (including phenoxy) is 1. The van der Waals surface area contributed by atoms with E-state index in [9.17, 15) is 5.11 Å². The Morgan fingerprint density at radius 2 is 2.19 bits per heavy atom. The molecule has 1 aromatic rings.